The van der Waals surface area contributed by atoms with Gasteiger partial charge in [-0.3, -0.25) is 0 Å². The van der Waals surface area contributed by atoms with Gasteiger partial charge in [-0.15, -0.1) is 0 Å². The fourth-order valence-corrected chi connectivity index (χ4v) is 3.04. The van der Waals surface area contributed by atoms with E-state index in [2.05, 4.69) is 9.55 Å². The Morgan fingerprint density at radius 1 is 1.28 bits per heavy atom. The van der Waals surface area contributed by atoms with Gasteiger partial charge in [0.05, 0.1) is 19.1 Å². The predicted octanol–water partition coefficient (Wildman–Crippen LogP) is 3.05. The van der Waals surface area contributed by atoms with Crippen molar-refractivity contribution in [3.8, 4) is 0 Å². The molecule has 0 atom stereocenters. The zero-order chi connectivity index (χ0) is 12.5. The molecule has 0 aromatic carbocycles. The number of aromatic nitrogens is 2. The summed E-state index contributed by atoms with van der Waals surface area (Å²) in [5, 5.41) is 0. The van der Waals surface area contributed by atoms with E-state index in [1.54, 1.807) is 0 Å². The van der Waals surface area contributed by atoms with Crippen LogP contribution in [0.2, 0.25) is 0 Å². The van der Waals surface area contributed by atoms with Crippen LogP contribution in [0.5, 0.6) is 0 Å². The summed E-state index contributed by atoms with van der Waals surface area (Å²) in [6, 6.07) is 0.542. The zero-order valence-corrected chi connectivity index (χ0v) is 10.9. The number of esters is 1. The van der Waals surface area contributed by atoms with E-state index in [9.17, 15) is 4.79 Å². The molecule has 1 aromatic rings. The molecule has 3 rings (SSSR count). The van der Waals surface area contributed by atoms with E-state index in [0.29, 0.717) is 17.7 Å². The molecule has 0 aliphatic heterocycles. The summed E-state index contributed by atoms with van der Waals surface area (Å²) in [5.74, 6) is 0.245. The molecule has 4 heteroatoms. The van der Waals surface area contributed by atoms with Gasteiger partial charge in [-0.2, -0.15) is 0 Å². The van der Waals surface area contributed by atoms with Gasteiger partial charge in [0.1, 0.15) is 0 Å². The maximum absolute atomic E-state index is 11.8. The number of methoxy groups -OCH3 is 1. The molecule has 4 nitrogen and oxygen atoms in total. The first kappa shape index (κ1) is 11.8. The van der Waals surface area contributed by atoms with Gasteiger partial charge < -0.3 is 9.30 Å². The van der Waals surface area contributed by atoms with Crippen molar-refractivity contribution in [2.45, 2.75) is 56.9 Å². The minimum absolute atomic E-state index is 0.286. The van der Waals surface area contributed by atoms with E-state index < -0.39 is 0 Å². The third kappa shape index (κ3) is 2.04. The maximum Gasteiger partial charge on any atom is 0.358 e. The minimum Gasteiger partial charge on any atom is -0.464 e. The molecular formula is C14H20N2O2. The van der Waals surface area contributed by atoms with Crippen molar-refractivity contribution in [2.75, 3.05) is 7.11 Å². The van der Waals surface area contributed by atoms with E-state index in [4.69, 9.17) is 4.74 Å². The molecule has 1 aromatic heterocycles. The summed E-state index contributed by atoms with van der Waals surface area (Å²) in [5.41, 5.74) is 1.68. The Morgan fingerprint density at radius 3 is 2.61 bits per heavy atom. The van der Waals surface area contributed by atoms with Crippen molar-refractivity contribution in [2.24, 2.45) is 0 Å². The summed E-state index contributed by atoms with van der Waals surface area (Å²) in [4.78, 5) is 16.1. The van der Waals surface area contributed by atoms with Gasteiger partial charge in [-0.25, -0.2) is 9.78 Å². The van der Waals surface area contributed by atoms with Crippen molar-refractivity contribution >= 4 is 5.97 Å². The average molecular weight is 248 g/mol. The SMILES string of the molecule is COC(=O)c1ncn(C2CCCCC2)c1C1CC1. The quantitative estimate of drug-likeness (QED) is 0.772. The lowest BCUT2D eigenvalue weighted by molar-refractivity contribution is 0.0593. The number of ether oxygens (including phenoxy) is 1. The van der Waals surface area contributed by atoms with Crippen LogP contribution in [0.15, 0.2) is 6.33 Å². The topological polar surface area (TPSA) is 44.1 Å². The number of nitrogens with zero attached hydrogens (tertiary/aromatic N) is 2. The number of carbonyl (C=O) groups is 1. The van der Waals surface area contributed by atoms with Gasteiger partial charge in [0.15, 0.2) is 5.69 Å². The molecule has 18 heavy (non-hydrogen) atoms. The van der Waals surface area contributed by atoms with Gasteiger partial charge in [0.2, 0.25) is 0 Å². The van der Waals surface area contributed by atoms with E-state index >= 15 is 0 Å². The second-order valence-electron chi connectivity index (χ2n) is 5.44. The Hall–Kier alpha value is -1.32. The minimum atomic E-state index is -0.286. The second-order valence-corrected chi connectivity index (χ2v) is 5.44. The lowest BCUT2D eigenvalue weighted by atomic mass is 9.95. The Morgan fingerprint density at radius 2 is 2.00 bits per heavy atom. The summed E-state index contributed by atoms with van der Waals surface area (Å²) in [6.45, 7) is 0. The molecule has 0 saturated heterocycles. The summed E-state index contributed by atoms with van der Waals surface area (Å²) in [7, 11) is 1.43. The summed E-state index contributed by atoms with van der Waals surface area (Å²) >= 11 is 0. The Bertz CT molecular complexity index is 443. The predicted molar refractivity (Wildman–Crippen MR) is 67.7 cm³/mol. The first-order valence-corrected chi connectivity index (χ1v) is 6.96. The van der Waals surface area contributed by atoms with Gasteiger partial charge in [0, 0.05) is 12.0 Å². The van der Waals surface area contributed by atoms with E-state index in [1.807, 2.05) is 6.33 Å². The Kier molecular flexibility index (Phi) is 3.10. The molecule has 0 radical (unpaired) electrons. The van der Waals surface area contributed by atoms with Gasteiger partial charge >= 0.3 is 5.97 Å². The zero-order valence-electron chi connectivity index (χ0n) is 10.9. The fraction of sp³-hybridized carbons (Fsp3) is 0.714. The van der Waals surface area contributed by atoms with Crippen LogP contribution in [0.1, 0.15) is 73.1 Å². The highest BCUT2D eigenvalue weighted by Crippen LogP contribution is 2.44. The molecule has 2 aliphatic rings. The Labute approximate surface area is 107 Å². The van der Waals surface area contributed by atoms with Crippen molar-refractivity contribution in [1.82, 2.24) is 9.55 Å². The molecule has 0 spiro atoms. The number of hydrogen-bond donors (Lipinski definition) is 0. The molecule has 98 valence electrons. The Balaban J connectivity index is 1.93. The normalized spacial score (nSPS) is 20.9. The van der Waals surface area contributed by atoms with Crippen molar-refractivity contribution in [1.29, 1.82) is 0 Å². The molecule has 0 bridgehead atoms. The molecule has 1 heterocycles. The summed E-state index contributed by atoms with van der Waals surface area (Å²) < 4.78 is 7.11. The highest BCUT2D eigenvalue weighted by molar-refractivity contribution is 5.88. The van der Waals surface area contributed by atoms with Crippen LogP contribution < -0.4 is 0 Å². The lowest BCUT2D eigenvalue weighted by Crippen LogP contribution is -2.15. The maximum atomic E-state index is 11.8. The van der Waals surface area contributed by atoms with Crippen molar-refractivity contribution < 1.29 is 9.53 Å². The molecule has 2 fully saturated rings. The molecule has 2 aliphatic carbocycles. The lowest BCUT2D eigenvalue weighted by Gasteiger charge is -2.25. The second kappa shape index (κ2) is 4.75. The number of rotatable bonds is 3. The van der Waals surface area contributed by atoms with Gasteiger partial charge in [-0.1, -0.05) is 19.3 Å². The third-order valence-electron chi connectivity index (χ3n) is 4.14. The van der Waals surface area contributed by atoms with E-state index in [1.165, 1.54) is 52.1 Å². The van der Waals surface area contributed by atoms with Crippen LogP contribution in [0.25, 0.3) is 0 Å². The van der Waals surface area contributed by atoms with Crippen LogP contribution >= 0.6 is 0 Å². The molecule has 0 unspecified atom stereocenters. The van der Waals surface area contributed by atoms with E-state index in [0.717, 1.165) is 5.69 Å². The molecule has 0 amide bonds. The number of carbonyl (C=O) groups excluding carboxylic acids is 1. The third-order valence-corrected chi connectivity index (χ3v) is 4.14. The molecular weight excluding hydrogens is 228 g/mol. The van der Waals surface area contributed by atoms with Crippen LogP contribution in [-0.2, 0) is 4.74 Å². The van der Waals surface area contributed by atoms with Gasteiger partial charge in [0.25, 0.3) is 0 Å². The van der Waals surface area contributed by atoms with Crippen molar-refractivity contribution in [3.05, 3.63) is 17.7 Å². The molecule has 2 saturated carbocycles. The van der Waals surface area contributed by atoms with Crippen LogP contribution in [0.3, 0.4) is 0 Å². The van der Waals surface area contributed by atoms with Gasteiger partial charge in [-0.05, 0) is 25.7 Å². The first-order chi connectivity index (χ1) is 8.81. The van der Waals surface area contributed by atoms with Crippen LogP contribution in [-0.4, -0.2) is 22.6 Å². The summed E-state index contributed by atoms with van der Waals surface area (Å²) in [6.07, 6.45) is 10.6. The first-order valence-electron chi connectivity index (χ1n) is 6.96. The largest absolute Gasteiger partial charge is 0.464 e. The average Bonchev–Trinajstić information content (AvgIpc) is 3.17. The number of hydrogen-bond acceptors (Lipinski definition) is 3. The van der Waals surface area contributed by atoms with E-state index in [-0.39, 0.29) is 5.97 Å². The highest BCUT2D eigenvalue weighted by atomic mass is 16.5. The fourth-order valence-electron chi connectivity index (χ4n) is 3.04. The number of imidazole rings is 1. The standard InChI is InChI=1S/C14H20N2O2/c1-18-14(17)12-13(10-7-8-10)16(9-15-12)11-5-3-2-4-6-11/h9-11H,2-8H2,1H3. The monoisotopic (exact) mass is 248 g/mol. The van der Waals surface area contributed by atoms with Crippen molar-refractivity contribution in [3.63, 3.8) is 0 Å². The van der Waals surface area contributed by atoms with Crippen LogP contribution in [0.4, 0.5) is 0 Å². The van der Waals surface area contributed by atoms with Crippen LogP contribution in [0, 0.1) is 0 Å². The highest BCUT2D eigenvalue weighted by Gasteiger charge is 2.34. The smallest absolute Gasteiger partial charge is 0.358 e. The molecule has 0 N–H and O–H groups in total.